The van der Waals surface area contributed by atoms with Crippen molar-refractivity contribution in [2.75, 3.05) is 18.6 Å². The van der Waals surface area contributed by atoms with Crippen molar-refractivity contribution in [2.45, 2.75) is 74.5 Å². The minimum atomic E-state index is -0.609. The minimum Gasteiger partial charge on any atom is -0.347 e. The fourth-order valence-electron chi connectivity index (χ4n) is 5.02. The number of carbonyl (C=O) groups is 3. The summed E-state index contributed by atoms with van der Waals surface area (Å²) in [7, 11) is 1.72. The number of hydrogen-bond acceptors (Lipinski definition) is 6. The summed E-state index contributed by atoms with van der Waals surface area (Å²) in [5, 5.41) is 9.05. The Morgan fingerprint density at radius 2 is 1.85 bits per heavy atom. The third kappa shape index (κ3) is 4.91. The SMILES string of the molecule is CN[C@@H](C)C(=O)N[C@H]1CCSC2CC(C)(C)[C@@H](C(=O)N[C@@H]3CCSc4ccccc43)N2C1=O. The number of likely N-dealkylation sites (N-methyl/N-ethyl adjacent to an activating group) is 1. The molecule has 3 amide bonds. The maximum absolute atomic E-state index is 13.7. The predicted molar refractivity (Wildman–Crippen MR) is 133 cm³/mol. The van der Waals surface area contributed by atoms with Crippen LogP contribution in [0.15, 0.2) is 29.2 Å². The fraction of sp³-hybridized carbons (Fsp3) is 0.625. The van der Waals surface area contributed by atoms with Crippen molar-refractivity contribution in [1.29, 1.82) is 0 Å². The van der Waals surface area contributed by atoms with Crippen molar-refractivity contribution in [1.82, 2.24) is 20.9 Å². The molecule has 0 spiro atoms. The molecule has 3 aliphatic heterocycles. The van der Waals surface area contributed by atoms with Gasteiger partial charge in [0.25, 0.3) is 0 Å². The number of carbonyl (C=O) groups excluding carboxylic acids is 3. The Morgan fingerprint density at radius 1 is 1.12 bits per heavy atom. The maximum Gasteiger partial charge on any atom is 0.246 e. The summed E-state index contributed by atoms with van der Waals surface area (Å²) < 4.78 is 0. The molecule has 3 heterocycles. The zero-order chi connectivity index (χ0) is 23.8. The highest BCUT2D eigenvalue weighted by atomic mass is 32.2. The van der Waals surface area contributed by atoms with Gasteiger partial charge in [-0.25, -0.2) is 0 Å². The van der Waals surface area contributed by atoms with E-state index in [0.717, 1.165) is 29.9 Å². The number of benzene rings is 1. The van der Waals surface area contributed by atoms with Crippen molar-refractivity contribution in [3.63, 3.8) is 0 Å². The second-order valence-electron chi connectivity index (χ2n) is 9.76. The molecule has 180 valence electrons. The second-order valence-corrected chi connectivity index (χ2v) is 12.2. The summed E-state index contributed by atoms with van der Waals surface area (Å²) in [5.74, 6) is 1.28. The van der Waals surface area contributed by atoms with Gasteiger partial charge in [-0.15, -0.1) is 23.5 Å². The molecule has 0 saturated carbocycles. The number of hydrogen-bond donors (Lipinski definition) is 3. The van der Waals surface area contributed by atoms with Crippen LogP contribution >= 0.6 is 23.5 Å². The second kappa shape index (κ2) is 9.88. The molecule has 5 atom stereocenters. The van der Waals surface area contributed by atoms with Gasteiger partial charge in [0.2, 0.25) is 17.7 Å². The van der Waals surface area contributed by atoms with Crippen LogP contribution in [0.5, 0.6) is 0 Å². The first-order valence-corrected chi connectivity index (χ1v) is 13.7. The van der Waals surface area contributed by atoms with Crippen molar-refractivity contribution in [3.05, 3.63) is 29.8 Å². The van der Waals surface area contributed by atoms with E-state index in [2.05, 4.69) is 41.9 Å². The van der Waals surface area contributed by atoms with Gasteiger partial charge < -0.3 is 20.9 Å². The number of nitrogens with one attached hydrogen (secondary N) is 3. The number of thioether (sulfide) groups is 2. The smallest absolute Gasteiger partial charge is 0.246 e. The van der Waals surface area contributed by atoms with Gasteiger partial charge in [-0.3, -0.25) is 14.4 Å². The van der Waals surface area contributed by atoms with Gasteiger partial charge in [-0.1, -0.05) is 32.0 Å². The average molecular weight is 491 g/mol. The molecule has 4 rings (SSSR count). The summed E-state index contributed by atoms with van der Waals surface area (Å²) in [4.78, 5) is 42.8. The fourth-order valence-corrected chi connectivity index (χ4v) is 7.72. The standard InChI is InChI=1S/C24H34N4O3S2/c1-14(25-4)21(29)27-17-10-12-33-19-13-24(2,3)20(28(19)23(17)31)22(30)26-16-9-11-32-18-8-6-5-7-15(16)18/h5-8,14,16-17,19-20,25H,9-13H2,1-4H3,(H,26,30)(H,27,29)/t14-,16+,17-,19?,20+/m0/s1. The molecule has 33 heavy (non-hydrogen) atoms. The third-order valence-corrected chi connectivity index (χ3v) is 9.34. The van der Waals surface area contributed by atoms with Crippen LogP contribution in [0.25, 0.3) is 0 Å². The first kappa shape index (κ1) is 24.4. The molecule has 0 radical (unpaired) electrons. The van der Waals surface area contributed by atoms with Gasteiger partial charge in [-0.05, 0) is 56.0 Å². The first-order chi connectivity index (χ1) is 15.7. The molecular formula is C24H34N4O3S2. The highest BCUT2D eigenvalue weighted by Crippen LogP contribution is 2.46. The maximum atomic E-state index is 13.7. The van der Waals surface area contributed by atoms with E-state index in [0.29, 0.717) is 6.42 Å². The molecule has 3 aliphatic rings. The van der Waals surface area contributed by atoms with Crippen molar-refractivity contribution >= 4 is 41.2 Å². The van der Waals surface area contributed by atoms with Crippen molar-refractivity contribution in [3.8, 4) is 0 Å². The van der Waals surface area contributed by atoms with Crippen LogP contribution in [0.4, 0.5) is 0 Å². The van der Waals surface area contributed by atoms with Crippen LogP contribution in [0.1, 0.15) is 51.6 Å². The van der Waals surface area contributed by atoms with Crippen molar-refractivity contribution < 1.29 is 14.4 Å². The van der Waals surface area contributed by atoms with Crippen molar-refractivity contribution in [2.24, 2.45) is 5.41 Å². The number of fused-ring (bicyclic) bond motifs is 2. The van der Waals surface area contributed by atoms with Crippen LogP contribution in [0.2, 0.25) is 0 Å². The molecule has 2 fully saturated rings. The summed E-state index contributed by atoms with van der Waals surface area (Å²) in [6.45, 7) is 5.91. The number of amides is 3. The Labute approximate surface area is 204 Å². The van der Waals surface area contributed by atoms with E-state index in [4.69, 9.17) is 0 Å². The van der Waals surface area contributed by atoms with E-state index < -0.39 is 12.1 Å². The Morgan fingerprint density at radius 3 is 2.61 bits per heavy atom. The summed E-state index contributed by atoms with van der Waals surface area (Å²) in [6, 6.07) is 6.60. The van der Waals surface area contributed by atoms with Gasteiger partial charge in [0.1, 0.15) is 12.1 Å². The van der Waals surface area contributed by atoms with E-state index in [-0.39, 0.29) is 40.6 Å². The largest absolute Gasteiger partial charge is 0.347 e. The summed E-state index contributed by atoms with van der Waals surface area (Å²) in [6.07, 6.45) is 2.19. The Hall–Kier alpha value is -1.71. The zero-order valence-corrected chi connectivity index (χ0v) is 21.4. The highest BCUT2D eigenvalue weighted by Gasteiger charge is 2.54. The van der Waals surface area contributed by atoms with E-state index in [1.807, 2.05) is 23.9 Å². The van der Waals surface area contributed by atoms with E-state index in [9.17, 15) is 14.4 Å². The molecule has 2 saturated heterocycles. The normalized spacial score (nSPS) is 29.5. The van der Waals surface area contributed by atoms with E-state index in [1.54, 1.807) is 30.6 Å². The summed E-state index contributed by atoms with van der Waals surface area (Å²) in [5.41, 5.74) is 0.794. The van der Waals surface area contributed by atoms with Crippen LogP contribution in [-0.2, 0) is 14.4 Å². The van der Waals surface area contributed by atoms with Gasteiger partial charge in [0.05, 0.1) is 17.5 Å². The molecular weight excluding hydrogens is 456 g/mol. The number of nitrogens with zero attached hydrogens (tertiary/aromatic N) is 1. The molecule has 7 nitrogen and oxygen atoms in total. The monoisotopic (exact) mass is 490 g/mol. The van der Waals surface area contributed by atoms with Gasteiger partial charge >= 0.3 is 0 Å². The lowest BCUT2D eigenvalue weighted by Crippen LogP contribution is -2.58. The Bertz CT molecular complexity index is 925. The van der Waals surface area contributed by atoms with E-state index >= 15 is 0 Å². The van der Waals surface area contributed by atoms with Crippen LogP contribution in [0, 0.1) is 5.41 Å². The lowest BCUT2D eigenvalue weighted by atomic mass is 9.83. The molecule has 1 unspecified atom stereocenters. The molecule has 0 bridgehead atoms. The average Bonchev–Trinajstić information content (AvgIpc) is 2.99. The molecule has 9 heteroatoms. The predicted octanol–water partition coefficient (Wildman–Crippen LogP) is 2.52. The Balaban J connectivity index is 1.56. The zero-order valence-electron chi connectivity index (χ0n) is 19.7. The highest BCUT2D eigenvalue weighted by molar-refractivity contribution is 8.00. The quantitative estimate of drug-likeness (QED) is 0.588. The van der Waals surface area contributed by atoms with Crippen LogP contribution in [-0.4, -0.2) is 64.7 Å². The molecule has 3 N–H and O–H groups in total. The van der Waals surface area contributed by atoms with Gasteiger partial charge in [-0.2, -0.15) is 0 Å². The molecule has 0 aromatic heterocycles. The summed E-state index contributed by atoms with van der Waals surface area (Å²) >= 11 is 3.53. The van der Waals surface area contributed by atoms with Gasteiger partial charge in [0, 0.05) is 10.6 Å². The lowest BCUT2D eigenvalue weighted by Gasteiger charge is -2.36. The first-order valence-electron chi connectivity index (χ1n) is 11.7. The van der Waals surface area contributed by atoms with Crippen LogP contribution in [0.3, 0.4) is 0 Å². The third-order valence-electron chi connectivity index (χ3n) is 6.96. The molecule has 0 aliphatic carbocycles. The minimum absolute atomic E-state index is 0.0495. The topological polar surface area (TPSA) is 90.5 Å². The molecule has 1 aromatic rings. The number of rotatable bonds is 5. The lowest BCUT2D eigenvalue weighted by molar-refractivity contribution is -0.144. The van der Waals surface area contributed by atoms with Gasteiger partial charge in [0.15, 0.2) is 0 Å². The molecule has 1 aromatic carbocycles. The Kier molecular flexibility index (Phi) is 7.31. The van der Waals surface area contributed by atoms with Crippen LogP contribution < -0.4 is 16.0 Å². The van der Waals surface area contributed by atoms with E-state index in [1.165, 1.54) is 4.90 Å².